The monoisotopic (exact) mass is 186 g/mol. The summed E-state index contributed by atoms with van der Waals surface area (Å²) in [5.41, 5.74) is 0. The fraction of sp³-hybridized carbons (Fsp3) is 0.667. The van der Waals surface area contributed by atoms with Crippen molar-refractivity contribution in [3.8, 4) is 0 Å². The van der Waals surface area contributed by atoms with E-state index in [9.17, 15) is 0 Å². The quantitative estimate of drug-likeness (QED) is 0.424. The first kappa shape index (κ1) is 11.7. The van der Waals surface area contributed by atoms with E-state index in [2.05, 4.69) is 0 Å². The van der Waals surface area contributed by atoms with Gasteiger partial charge in [-0.1, -0.05) is 0 Å². The Morgan fingerprint density at radius 2 is 2.00 bits per heavy atom. The van der Waals surface area contributed by atoms with E-state index in [1.165, 1.54) is 12.3 Å². The number of aliphatic hydroxyl groups is 3. The first-order valence-corrected chi connectivity index (χ1v) is 3.05. The first-order chi connectivity index (χ1) is 4.75. The van der Waals surface area contributed by atoms with E-state index >= 15 is 0 Å². The summed E-state index contributed by atoms with van der Waals surface area (Å²) < 4.78 is 4.77. The van der Waals surface area contributed by atoms with Crippen LogP contribution in [0.3, 0.4) is 0 Å². The Morgan fingerprint density at radius 1 is 1.36 bits per heavy atom. The summed E-state index contributed by atoms with van der Waals surface area (Å²) in [7, 11) is 0. The second-order valence-corrected chi connectivity index (χ2v) is 2.17. The molecule has 5 heteroatoms. The molecule has 3 atom stereocenters. The molecule has 4 nitrogen and oxygen atoms in total. The number of hydrogen-bond acceptors (Lipinski definition) is 4. The van der Waals surface area contributed by atoms with Crippen LogP contribution in [0, 0.1) is 0 Å². The second kappa shape index (κ2) is 5.35. The minimum atomic E-state index is -1.02. The Bertz CT molecular complexity index is 139. The Kier molecular flexibility index (Phi) is 5.68. The molecule has 0 aromatic carbocycles. The molecule has 0 aromatic heterocycles. The van der Waals surface area contributed by atoms with Crippen LogP contribution in [0.1, 0.15) is 0 Å². The van der Waals surface area contributed by atoms with Crippen LogP contribution in [0.5, 0.6) is 0 Å². The zero-order chi connectivity index (χ0) is 7.56. The Hall–Kier alpha value is 0.680. The van der Waals surface area contributed by atoms with Crippen LogP contribution in [0.15, 0.2) is 12.3 Å². The fourth-order valence-electron chi connectivity index (χ4n) is 0.792. The zero-order valence-electron chi connectivity index (χ0n) is 6.05. The molecule has 3 N–H and O–H groups in total. The molecule has 0 bridgehead atoms. The van der Waals surface area contributed by atoms with Gasteiger partial charge in [-0.3, -0.25) is 0 Å². The summed E-state index contributed by atoms with van der Waals surface area (Å²) in [6.07, 6.45) is -0.0318. The smallest absolute Gasteiger partial charge is 0.149 e. The third-order valence-electron chi connectivity index (χ3n) is 1.44. The normalized spacial score (nSPS) is 35.7. The molecule has 1 heterocycles. The zero-order valence-corrected chi connectivity index (χ0v) is 8.26. The third-order valence-corrected chi connectivity index (χ3v) is 1.44. The van der Waals surface area contributed by atoms with Crippen molar-refractivity contribution < 1.29 is 20.1 Å². The molecule has 0 unspecified atom stereocenters. The van der Waals surface area contributed by atoms with Gasteiger partial charge in [-0.05, 0) is 6.08 Å². The van der Waals surface area contributed by atoms with Gasteiger partial charge in [-0.25, -0.2) is 0 Å². The fourth-order valence-corrected chi connectivity index (χ4v) is 0.792. The van der Waals surface area contributed by atoms with Gasteiger partial charge in [0.1, 0.15) is 18.3 Å². The molecule has 0 aromatic rings. The molecule has 0 aliphatic carbocycles. The van der Waals surface area contributed by atoms with Gasteiger partial charge < -0.3 is 20.1 Å². The molecule has 0 spiro atoms. The molecule has 1 rings (SSSR count). The molecule has 0 fully saturated rings. The maximum Gasteiger partial charge on any atom is 0.149 e. The third kappa shape index (κ3) is 2.89. The van der Waals surface area contributed by atoms with E-state index < -0.39 is 18.3 Å². The maximum atomic E-state index is 9.05. The van der Waals surface area contributed by atoms with Crippen molar-refractivity contribution in [3.63, 3.8) is 0 Å². The molecule has 2 radical (unpaired) electrons. The standard InChI is InChI=1S/C6H10O4.Ca/c7-3-5-6(9)4(8)1-2-10-5;/h1-2,4-9H,3H2;/t4-,5-,6+;/m1./s1. The second-order valence-electron chi connectivity index (χ2n) is 2.17. The predicted molar refractivity (Wildman–Crippen MR) is 38.9 cm³/mol. The molecule has 0 saturated carbocycles. The molecule has 0 amide bonds. The maximum absolute atomic E-state index is 9.05. The summed E-state index contributed by atoms with van der Waals surface area (Å²) >= 11 is 0. The first-order valence-electron chi connectivity index (χ1n) is 3.05. The van der Waals surface area contributed by atoms with Crippen molar-refractivity contribution in [3.05, 3.63) is 12.3 Å². The Labute approximate surface area is 94.5 Å². The van der Waals surface area contributed by atoms with E-state index in [-0.39, 0.29) is 44.3 Å². The van der Waals surface area contributed by atoms with Gasteiger partial charge in [0.25, 0.3) is 0 Å². The van der Waals surface area contributed by atoms with Gasteiger partial charge in [0.2, 0.25) is 0 Å². The summed E-state index contributed by atoms with van der Waals surface area (Å²) in [6, 6.07) is 0. The van der Waals surface area contributed by atoms with E-state index in [0.717, 1.165) is 0 Å². The average Bonchev–Trinajstić information content (AvgIpc) is 1.95. The summed E-state index contributed by atoms with van der Waals surface area (Å²) in [5, 5.41) is 26.6. The summed E-state index contributed by atoms with van der Waals surface area (Å²) in [6.45, 7) is -0.289. The Morgan fingerprint density at radius 3 is 2.45 bits per heavy atom. The van der Waals surface area contributed by atoms with Crippen LogP contribution in [-0.2, 0) is 4.74 Å². The largest absolute Gasteiger partial charge is 0.493 e. The topological polar surface area (TPSA) is 69.9 Å². The van der Waals surface area contributed by atoms with Gasteiger partial charge in [-0.2, -0.15) is 0 Å². The van der Waals surface area contributed by atoms with Crippen LogP contribution >= 0.6 is 0 Å². The minimum Gasteiger partial charge on any atom is -0.493 e. The SMILES string of the molecule is OC[C@H]1OC=C[C@@H](O)[C@@H]1O.[Ca]. The van der Waals surface area contributed by atoms with Crippen LogP contribution < -0.4 is 0 Å². The van der Waals surface area contributed by atoms with Crippen molar-refractivity contribution >= 4 is 37.7 Å². The van der Waals surface area contributed by atoms with Crippen molar-refractivity contribution in [2.45, 2.75) is 18.3 Å². The van der Waals surface area contributed by atoms with Crippen LogP contribution in [0.4, 0.5) is 0 Å². The van der Waals surface area contributed by atoms with Crippen molar-refractivity contribution in [1.82, 2.24) is 0 Å². The number of rotatable bonds is 1. The van der Waals surface area contributed by atoms with Gasteiger partial charge in [-0.15, -0.1) is 0 Å². The van der Waals surface area contributed by atoms with E-state index in [0.29, 0.717) is 0 Å². The van der Waals surface area contributed by atoms with E-state index in [1.54, 1.807) is 0 Å². The summed E-state index contributed by atoms with van der Waals surface area (Å²) in [5.74, 6) is 0. The van der Waals surface area contributed by atoms with Crippen molar-refractivity contribution in [2.24, 2.45) is 0 Å². The predicted octanol–water partition coefficient (Wildman–Crippen LogP) is -1.77. The number of ether oxygens (including phenoxy) is 1. The van der Waals surface area contributed by atoms with Crippen LogP contribution in [-0.4, -0.2) is 78.0 Å². The average molecular weight is 186 g/mol. The van der Waals surface area contributed by atoms with E-state index in [4.69, 9.17) is 20.1 Å². The van der Waals surface area contributed by atoms with Gasteiger partial charge in [0.05, 0.1) is 12.9 Å². The molecular weight excluding hydrogens is 176 g/mol. The van der Waals surface area contributed by atoms with Crippen molar-refractivity contribution in [1.29, 1.82) is 0 Å². The molecule has 1 aliphatic heterocycles. The number of hydrogen-bond donors (Lipinski definition) is 3. The van der Waals surface area contributed by atoms with Gasteiger partial charge in [0, 0.05) is 37.7 Å². The van der Waals surface area contributed by atoms with Gasteiger partial charge in [0.15, 0.2) is 0 Å². The molecule has 1 aliphatic rings. The summed E-state index contributed by atoms with van der Waals surface area (Å²) in [4.78, 5) is 0. The minimum absolute atomic E-state index is 0. The van der Waals surface area contributed by atoms with Crippen molar-refractivity contribution in [2.75, 3.05) is 6.61 Å². The van der Waals surface area contributed by atoms with Gasteiger partial charge >= 0.3 is 0 Å². The Balaban J connectivity index is 0.000001000. The van der Waals surface area contributed by atoms with Crippen LogP contribution in [0.25, 0.3) is 0 Å². The van der Waals surface area contributed by atoms with Crippen LogP contribution in [0.2, 0.25) is 0 Å². The molecular formula is C6H10CaO4. The molecule has 0 saturated heterocycles. The molecule has 11 heavy (non-hydrogen) atoms. The molecule has 60 valence electrons. The number of aliphatic hydroxyl groups excluding tert-OH is 3. The van der Waals surface area contributed by atoms with E-state index in [1.807, 2.05) is 0 Å².